The molecule has 3 aromatic rings. The van der Waals surface area contributed by atoms with Gasteiger partial charge in [0.05, 0.1) is 11.9 Å². The maximum Gasteiger partial charge on any atom is 0.323 e. The quantitative estimate of drug-likeness (QED) is 0.753. The Bertz CT molecular complexity index is 858. The SMILES string of the molecule is O=C(Nc1ccnn1-c1ccccc1)N1CCCCC1CCn1cccn1. The summed E-state index contributed by atoms with van der Waals surface area (Å²) in [6.07, 6.45) is 9.61. The lowest BCUT2D eigenvalue weighted by Gasteiger charge is -2.35. The molecule has 0 spiro atoms. The molecule has 1 fully saturated rings. The number of carbonyl (C=O) groups excluding carboxylic acids is 1. The number of para-hydroxylation sites is 1. The average molecular weight is 364 g/mol. The number of piperidine rings is 1. The van der Waals surface area contributed by atoms with E-state index in [0.29, 0.717) is 5.82 Å². The molecule has 1 aliphatic heterocycles. The highest BCUT2D eigenvalue weighted by Gasteiger charge is 2.27. The Labute approximate surface area is 158 Å². The highest BCUT2D eigenvalue weighted by atomic mass is 16.2. The molecule has 7 heteroatoms. The molecule has 1 saturated heterocycles. The van der Waals surface area contributed by atoms with E-state index in [1.165, 1.54) is 0 Å². The minimum absolute atomic E-state index is 0.0575. The first-order valence-corrected chi connectivity index (χ1v) is 9.46. The summed E-state index contributed by atoms with van der Waals surface area (Å²) in [4.78, 5) is 14.9. The molecule has 1 aliphatic rings. The number of nitrogens with zero attached hydrogens (tertiary/aromatic N) is 5. The van der Waals surface area contributed by atoms with Gasteiger partial charge in [-0.2, -0.15) is 10.2 Å². The van der Waals surface area contributed by atoms with Crippen LogP contribution in [-0.4, -0.2) is 43.1 Å². The number of carbonyl (C=O) groups is 1. The zero-order valence-electron chi connectivity index (χ0n) is 15.2. The normalized spacial score (nSPS) is 17.0. The molecule has 0 bridgehead atoms. The van der Waals surface area contributed by atoms with Crippen molar-refractivity contribution < 1.29 is 4.79 Å². The molecule has 3 heterocycles. The Balaban J connectivity index is 1.44. The molecule has 2 amide bonds. The van der Waals surface area contributed by atoms with Crippen LogP contribution in [0.1, 0.15) is 25.7 Å². The zero-order valence-corrected chi connectivity index (χ0v) is 15.2. The number of hydrogen-bond acceptors (Lipinski definition) is 3. The third kappa shape index (κ3) is 4.02. The first kappa shape index (κ1) is 17.3. The molecule has 0 radical (unpaired) electrons. The zero-order chi connectivity index (χ0) is 18.5. The Kier molecular flexibility index (Phi) is 5.18. The first-order valence-electron chi connectivity index (χ1n) is 9.46. The smallest absolute Gasteiger partial charge is 0.321 e. The van der Waals surface area contributed by atoms with E-state index in [9.17, 15) is 4.79 Å². The molecule has 2 aromatic heterocycles. The Morgan fingerprint density at radius 2 is 1.96 bits per heavy atom. The van der Waals surface area contributed by atoms with Gasteiger partial charge in [0.2, 0.25) is 0 Å². The predicted octanol–water partition coefficient (Wildman–Crippen LogP) is 3.55. The summed E-state index contributed by atoms with van der Waals surface area (Å²) >= 11 is 0. The standard InChI is InChI=1S/C20H24N6O/c27-20(23-19-10-13-22-26(19)18-8-2-1-3-9-18)25-15-5-4-7-17(25)11-16-24-14-6-12-21-24/h1-3,6,8-10,12-14,17H,4-5,7,11,15-16H2,(H,23,27). The van der Waals surface area contributed by atoms with Gasteiger partial charge in [0.15, 0.2) is 0 Å². The maximum absolute atomic E-state index is 13.0. The van der Waals surface area contributed by atoms with Gasteiger partial charge < -0.3 is 4.90 Å². The van der Waals surface area contributed by atoms with Crippen LogP contribution in [0.2, 0.25) is 0 Å². The highest BCUT2D eigenvalue weighted by molar-refractivity contribution is 5.89. The van der Waals surface area contributed by atoms with E-state index in [2.05, 4.69) is 15.5 Å². The van der Waals surface area contributed by atoms with Crippen LogP contribution in [0.25, 0.3) is 5.69 Å². The second-order valence-corrected chi connectivity index (χ2v) is 6.79. The fourth-order valence-corrected chi connectivity index (χ4v) is 3.64. The van der Waals surface area contributed by atoms with Gasteiger partial charge in [-0.15, -0.1) is 0 Å². The molecular weight excluding hydrogens is 340 g/mol. The van der Waals surface area contributed by atoms with Crippen LogP contribution in [0.5, 0.6) is 0 Å². The predicted molar refractivity (Wildman–Crippen MR) is 104 cm³/mol. The van der Waals surface area contributed by atoms with Gasteiger partial charge in [-0.05, 0) is 43.9 Å². The summed E-state index contributed by atoms with van der Waals surface area (Å²) in [7, 11) is 0. The third-order valence-electron chi connectivity index (χ3n) is 5.02. The number of benzene rings is 1. The van der Waals surface area contributed by atoms with Crippen molar-refractivity contribution in [3.63, 3.8) is 0 Å². The van der Waals surface area contributed by atoms with Crippen molar-refractivity contribution in [2.75, 3.05) is 11.9 Å². The number of rotatable bonds is 5. The second-order valence-electron chi connectivity index (χ2n) is 6.79. The van der Waals surface area contributed by atoms with E-state index >= 15 is 0 Å². The van der Waals surface area contributed by atoms with Crippen LogP contribution in [0.3, 0.4) is 0 Å². The van der Waals surface area contributed by atoms with Gasteiger partial charge >= 0.3 is 6.03 Å². The van der Waals surface area contributed by atoms with E-state index < -0.39 is 0 Å². The molecule has 140 valence electrons. The summed E-state index contributed by atoms with van der Waals surface area (Å²) in [5, 5.41) is 11.7. The minimum Gasteiger partial charge on any atom is -0.321 e. The van der Waals surface area contributed by atoms with Crippen molar-refractivity contribution >= 4 is 11.8 Å². The van der Waals surface area contributed by atoms with Crippen LogP contribution >= 0.6 is 0 Å². The van der Waals surface area contributed by atoms with Crippen LogP contribution in [0.15, 0.2) is 61.1 Å². The Morgan fingerprint density at radius 1 is 1.07 bits per heavy atom. The molecule has 1 N–H and O–H groups in total. The third-order valence-corrected chi connectivity index (χ3v) is 5.02. The summed E-state index contributed by atoms with van der Waals surface area (Å²) < 4.78 is 3.68. The van der Waals surface area contributed by atoms with Crippen LogP contribution in [0.4, 0.5) is 10.6 Å². The van der Waals surface area contributed by atoms with Crippen LogP contribution < -0.4 is 5.32 Å². The largest absolute Gasteiger partial charge is 0.323 e. The molecule has 0 saturated carbocycles. The molecule has 27 heavy (non-hydrogen) atoms. The van der Waals surface area contributed by atoms with Gasteiger partial charge in [0.25, 0.3) is 0 Å². The number of nitrogens with one attached hydrogen (secondary N) is 1. The number of aromatic nitrogens is 4. The van der Waals surface area contributed by atoms with Gasteiger partial charge in [0, 0.05) is 37.6 Å². The van der Waals surface area contributed by atoms with Gasteiger partial charge in [0.1, 0.15) is 5.82 Å². The molecule has 1 aromatic carbocycles. The van der Waals surface area contributed by atoms with E-state index in [4.69, 9.17) is 0 Å². The molecule has 4 rings (SSSR count). The summed E-state index contributed by atoms with van der Waals surface area (Å²) in [6.45, 7) is 1.61. The topological polar surface area (TPSA) is 68.0 Å². The van der Waals surface area contributed by atoms with Crippen molar-refractivity contribution in [2.24, 2.45) is 0 Å². The number of amides is 2. The van der Waals surface area contributed by atoms with Crippen molar-refractivity contribution in [3.8, 4) is 5.69 Å². The lowest BCUT2D eigenvalue weighted by Crippen LogP contribution is -2.46. The fourth-order valence-electron chi connectivity index (χ4n) is 3.64. The van der Waals surface area contributed by atoms with Gasteiger partial charge in [-0.25, -0.2) is 9.48 Å². The van der Waals surface area contributed by atoms with Crippen molar-refractivity contribution in [2.45, 2.75) is 38.3 Å². The van der Waals surface area contributed by atoms with Crippen LogP contribution in [0, 0.1) is 0 Å². The first-order chi connectivity index (χ1) is 13.3. The number of likely N-dealkylation sites (tertiary alicyclic amines) is 1. The summed E-state index contributed by atoms with van der Waals surface area (Å²) in [5.41, 5.74) is 0.923. The fraction of sp³-hybridized carbons (Fsp3) is 0.350. The van der Waals surface area contributed by atoms with Crippen molar-refractivity contribution in [3.05, 3.63) is 61.1 Å². The maximum atomic E-state index is 13.0. The van der Waals surface area contributed by atoms with Crippen molar-refractivity contribution in [1.82, 2.24) is 24.5 Å². The van der Waals surface area contributed by atoms with E-state index in [1.807, 2.05) is 58.2 Å². The molecule has 0 aliphatic carbocycles. The lowest BCUT2D eigenvalue weighted by atomic mass is 10.00. The number of hydrogen-bond donors (Lipinski definition) is 1. The second kappa shape index (κ2) is 8.07. The van der Waals surface area contributed by atoms with E-state index in [-0.39, 0.29) is 12.1 Å². The molecule has 1 unspecified atom stereocenters. The monoisotopic (exact) mass is 364 g/mol. The molecular formula is C20H24N6O. The molecule has 1 atom stereocenters. The Morgan fingerprint density at radius 3 is 2.78 bits per heavy atom. The Hall–Kier alpha value is -3.09. The van der Waals surface area contributed by atoms with Crippen LogP contribution in [-0.2, 0) is 6.54 Å². The van der Waals surface area contributed by atoms with E-state index in [1.54, 1.807) is 17.1 Å². The van der Waals surface area contributed by atoms with Gasteiger partial charge in [-0.3, -0.25) is 10.00 Å². The average Bonchev–Trinajstić information content (AvgIpc) is 3.39. The lowest BCUT2D eigenvalue weighted by molar-refractivity contribution is 0.154. The number of urea groups is 1. The van der Waals surface area contributed by atoms with Gasteiger partial charge in [-0.1, -0.05) is 18.2 Å². The highest BCUT2D eigenvalue weighted by Crippen LogP contribution is 2.22. The van der Waals surface area contributed by atoms with Crippen molar-refractivity contribution in [1.29, 1.82) is 0 Å². The number of anilines is 1. The summed E-state index contributed by atoms with van der Waals surface area (Å²) in [5.74, 6) is 0.683. The summed E-state index contributed by atoms with van der Waals surface area (Å²) in [6, 6.07) is 13.7. The molecule has 7 nitrogen and oxygen atoms in total. The van der Waals surface area contributed by atoms with E-state index in [0.717, 1.165) is 44.5 Å². The minimum atomic E-state index is -0.0575. The number of aryl methyl sites for hydroxylation is 1.